The highest BCUT2D eigenvalue weighted by molar-refractivity contribution is 5.97. The fraction of sp³-hybridized carbons (Fsp3) is 0.533. The molecule has 1 saturated heterocycles. The molecule has 0 aliphatic carbocycles. The summed E-state index contributed by atoms with van der Waals surface area (Å²) in [6, 6.07) is -0.727. The molecule has 1 aliphatic rings. The fourth-order valence-corrected chi connectivity index (χ4v) is 2.37. The van der Waals surface area contributed by atoms with E-state index in [0.717, 1.165) is 12.2 Å². The number of ether oxygens (including phenoxy) is 1. The van der Waals surface area contributed by atoms with Crippen molar-refractivity contribution in [1.29, 1.82) is 0 Å². The number of carbonyl (C=O) groups excluding carboxylic acids is 5. The van der Waals surface area contributed by atoms with Crippen LogP contribution in [0.4, 0.5) is 0 Å². The third kappa shape index (κ3) is 6.24. The average molecular weight is 354 g/mol. The first-order valence-corrected chi connectivity index (χ1v) is 7.78. The highest BCUT2D eigenvalue weighted by atomic mass is 16.5. The summed E-state index contributed by atoms with van der Waals surface area (Å²) in [5.41, 5.74) is 7.35. The van der Waals surface area contributed by atoms with Crippen LogP contribution < -0.4 is 11.2 Å². The van der Waals surface area contributed by atoms with Crippen molar-refractivity contribution in [3.63, 3.8) is 0 Å². The Bertz CT molecular complexity index is 589. The van der Waals surface area contributed by atoms with E-state index in [1.807, 2.05) is 0 Å². The molecule has 10 heteroatoms. The van der Waals surface area contributed by atoms with Crippen LogP contribution in [0.15, 0.2) is 12.2 Å². The van der Waals surface area contributed by atoms with Crippen LogP contribution in [0, 0.1) is 0 Å². The molecule has 0 unspecified atom stereocenters. The zero-order valence-electron chi connectivity index (χ0n) is 14.2. The molecule has 0 aromatic heterocycles. The number of nitrogens with two attached hydrogens (primary N) is 1. The van der Waals surface area contributed by atoms with Gasteiger partial charge in [0.2, 0.25) is 11.8 Å². The zero-order chi connectivity index (χ0) is 19.0. The number of hydrogen-bond donors (Lipinski definition) is 2. The van der Waals surface area contributed by atoms with E-state index in [1.165, 1.54) is 11.8 Å². The van der Waals surface area contributed by atoms with Crippen LogP contribution >= 0.6 is 0 Å². The lowest BCUT2D eigenvalue weighted by atomic mass is 10.2. The number of nitrogens with zero attached hydrogens (tertiary/aromatic N) is 2. The molecule has 0 saturated carbocycles. The fourth-order valence-electron chi connectivity index (χ4n) is 2.37. The van der Waals surface area contributed by atoms with Crippen LogP contribution in [0.2, 0.25) is 0 Å². The van der Waals surface area contributed by atoms with Gasteiger partial charge in [-0.05, 0) is 19.8 Å². The molecule has 10 nitrogen and oxygen atoms in total. The summed E-state index contributed by atoms with van der Waals surface area (Å²) in [7, 11) is 0. The number of likely N-dealkylation sites (tertiary alicyclic amines) is 1. The number of esters is 1. The molecule has 25 heavy (non-hydrogen) atoms. The Labute approximate surface area is 144 Å². The van der Waals surface area contributed by atoms with Gasteiger partial charge >= 0.3 is 5.97 Å². The van der Waals surface area contributed by atoms with Gasteiger partial charge in [0, 0.05) is 25.6 Å². The topological polar surface area (TPSA) is 139 Å². The molecule has 1 atom stereocenters. The van der Waals surface area contributed by atoms with Gasteiger partial charge < -0.3 is 15.4 Å². The van der Waals surface area contributed by atoms with Crippen molar-refractivity contribution in [2.75, 3.05) is 19.7 Å². The Kier molecular flexibility index (Phi) is 7.57. The molecule has 4 amide bonds. The maximum atomic E-state index is 12.3. The number of primary amides is 1. The molecule has 1 rings (SSSR count). The third-order valence-corrected chi connectivity index (χ3v) is 3.43. The minimum atomic E-state index is -0.854. The summed E-state index contributed by atoms with van der Waals surface area (Å²) in [4.78, 5) is 59.7. The van der Waals surface area contributed by atoms with Gasteiger partial charge in [-0.3, -0.25) is 24.6 Å². The van der Waals surface area contributed by atoms with E-state index in [4.69, 9.17) is 5.73 Å². The highest BCUT2D eigenvalue weighted by Gasteiger charge is 2.33. The summed E-state index contributed by atoms with van der Waals surface area (Å²) in [5.74, 6) is -3.28. The number of carbonyl (C=O) groups is 5. The second-order valence-electron chi connectivity index (χ2n) is 5.32. The van der Waals surface area contributed by atoms with Crippen molar-refractivity contribution in [3.05, 3.63) is 12.2 Å². The van der Waals surface area contributed by atoms with Crippen LogP contribution in [-0.2, 0) is 28.7 Å². The third-order valence-electron chi connectivity index (χ3n) is 3.43. The molecule has 1 heterocycles. The van der Waals surface area contributed by atoms with E-state index in [-0.39, 0.29) is 12.5 Å². The molecular weight excluding hydrogens is 332 g/mol. The maximum Gasteiger partial charge on any atom is 0.330 e. The minimum absolute atomic E-state index is 0.141. The van der Waals surface area contributed by atoms with E-state index in [9.17, 15) is 24.0 Å². The van der Waals surface area contributed by atoms with Crippen molar-refractivity contribution >= 4 is 29.6 Å². The Hall–Kier alpha value is -2.91. The number of rotatable bonds is 6. The molecule has 0 bridgehead atoms. The summed E-state index contributed by atoms with van der Waals surface area (Å²) in [5, 5.41) is 0.691. The van der Waals surface area contributed by atoms with Crippen molar-refractivity contribution < 1.29 is 28.7 Å². The van der Waals surface area contributed by atoms with Gasteiger partial charge in [-0.25, -0.2) is 9.80 Å². The predicted molar refractivity (Wildman–Crippen MR) is 85.2 cm³/mol. The minimum Gasteiger partial charge on any atom is -0.463 e. The Morgan fingerprint density at radius 1 is 1.28 bits per heavy atom. The lowest BCUT2D eigenvalue weighted by Crippen LogP contribution is -2.54. The largest absolute Gasteiger partial charge is 0.463 e. The monoisotopic (exact) mass is 354 g/mol. The molecule has 138 valence electrons. The van der Waals surface area contributed by atoms with Gasteiger partial charge in [-0.15, -0.1) is 0 Å². The zero-order valence-corrected chi connectivity index (χ0v) is 14.2. The Balaban J connectivity index is 2.79. The first kappa shape index (κ1) is 20.1. The number of amides is 4. The molecular formula is C15H22N4O6. The standard InChI is InChI=1S/C15H22N4O6/c1-3-25-14(23)7-6-13(22)19(9-12(16)21)17-15(24)11-5-4-8-18(11)10(2)20/h6-7,11H,3-5,8-9H2,1-2H3,(H2,16,21)(H,17,24)/b7-6+/t11-/m0/s1. The molecule has 0 radical (unpaired) electrons. The lowest BCUT2D eigenvalue weighted by molar-refractivity contribution is -0.145. The number of nitrogens with one attached hydrogen (secondary N) is 1. The van der Waals surface area contributed by atoms with E-state index in [1.54, 1.807) is 6.92 Å². The van der Waals surface area contributed by atoms with Crippen LogP contribution in [0.25, 0.3) is 0 Å². The number of hydrazine groups is 1. The van der Waals surface area contributed by atoms with Crippen molar-refractivity contribution in [3.8, 4) is 0 Å². The lowest BCUT2D eigenvalue weighted by Gasteiger charge is -2.26. The van der Waals surface area contributed by atoms with E-state index in [2.05, 4.69) is 10.2 Å². The van der Waals surface area contributed by atoms with Gasteiger partial charge in [0.25, 0.3) is 11.8 Å². The molecule has 0 aromatic rings. The second-order valence-corrected chi connectivity index (χ2v) is 5.32. The van der Waals surface area contributed by atoms with Gasteiger partial charge in [0.05, 0.1) is 6.61 Å². The van der Waals surface area contributed by atoms with Crippen LogP contribution in [-0.4, -0.2) is 65.2 Å². The van der Waals surface area contributed by atoms with Crippen molar-refractivity contribution in [2.24, 2.45) is 5.73 Å². The molecule has 0 spiro atoms. The quantitative estimate of drug-likeness (QED) is 0.337. The summed E-state index contributed by atoms with van der Waals surface area (Å²) in [6.45, 7) is 2.96. The molecule has 1 aliphatic heterocycles. The Morgan fingerprint density at radius 3 is 2.52 bits per heavy atom. The predicted octanol–water partition coefficient (Wildman–Crippen LogP) is -1.54. The van der Waals surface area contributed by atoms with Crippen molar-refractivity contribution in [2.45, 2.75) is 32.7 Å². The number of hydrogen-bond acceptors (Lipinski definition) is 6. The van der Waals surface area contributed by atoms with Gasteiger partial charge in [-0.2, -0.15) is 0 Å². The molecule has 3 N–H and O–H groups in total. The maximum absolute atomic E-state index is 12.3. The van der Waals surface area contributed by atoms with Gasteiger partial charge in [0.15, 0.2) is 0 Å². The normalized spacial score (nSPS) is 16.6. The molecule has 0 aromatic carbocycles. The molecule has 1 fully saturated rings. The van der Waals surface area contributed by atoms with E-state index in [0.29, 0.717) is 24.4 Å². The smallest absolute Gasteiger partial charge is 0.330 e. The van der Waals surface area contributed by atoms with Crippen LogP contribution in [0.1, 0.15) is 26.7 Å². The first-order chi connectivity index (χ1) is 11.8. The first-order valence-electron chi connectivity index (χ1n) is 7.78. The van der Waals surface area contributed by atoms with Crippen molar-refractivity contribution in [1.82, 2.24) is 15.3 Å². The highest BCUT2D eigenvalue weighted by Crippen LogP contribution is 2.17. The van der Waals surface area contributed by atoms with Crippen LogP contribution in [0.5, 0.6) is 0 Å². The van der Waals surface area contributed by atoms with E-state index < -0.39 is 36.3 Å². The second kappa shape index (κ2) is 9.40. The summed E-state index contributed by atoms with van der Waals surface area (Å²) < 4.78 is 4.64. The summed E-state index contributed by atoms with van der Waals surface area (Å²) in [6.07, 6.45) is 2.84. The van der Waals surface area contributed by atoms with Gasteiger partial charge in [-0.1, -0.05) is 0 Å². The Morgan fingerprint density at radius 2 is 1.96 bits per heavy atom. The van der Waals surface area contributed by atoms with E-state index >= 15 is 0 Å². The SMILES string of the molecule is CCOC(=O)/C=C/C(=O)N(CC(N)=O)NC(=O)[C@@H]1CCCN1C(C)=O. The van der Waals surface area contributed by atoms with Crippen LogP contribution in [0.3, 0.4) is 0 Å². The van der Waals surface area contributed by atoms with Gasteiger partial charge in [0.1, 0.15) is 12.6 Å². The average Bonchev–Trinajstić information content (AvgIpc) is 3.01. The summed E-state index contributed by atoms with van der Waals surface area (Å²) >= 11 is 0.